The zero-order valence-electron chi connectivity index (χ0n) is 12.2. The van der Waals surface area contributed by atoms with Gasteiger partial charge in [-0.15, -0.1) is 0 Å². The van der Waals surface area contributed by atoms with E-state index in [0.29, 0.717) is 5.92 Å². The van der Waals surface area contributed by atoms with Crippen molar-refractivity contribution < 1.29 is 0 Å². The van der Waals surface area contributed by atoms with Crippen molar-refractivity contribution in [2.75, 3.05) is 20.6 Å². The molecule has 1 aromatic heterocycles. The van der Waals surface area contributed by atoms with Crippen LogP contribution in [0.2, 0.25) is 0 Å². The van der Waals surface area contributed by atoms with Gasteiger partial charge in [0.2, 0.25) is 0 Å². The normalized spacial score (nSPS) is 22.5. The SMILES string of the molecule is CN(C)C[C@@H]1CCC[C@@H]1c1ccc2[nH]cc(C#N)c2c1. The fourth-order valence-electron chi connectivity index (χ4n) is 3.62. The third-order valence-electron chi connectivity index (χ3n) is 4.51. The summed E-state index contributed by atoms with van der Waals surface area (Å²) in [6, 6.07) is 8.85. The molecule has 0 spiro atoms. The summed E-state index contributed by atoms with van der Waals surface area (Å²) in [6.45, 7) is 1.15. The second-order valence-corrected chi connectivity index (χ2v) is 6.18. The van der Waals surface area contributed by atoms with Gasteiger partial charge in [-0.3, -0.25) is 0 Å². The van der Waals surface area contributed by atoms with Crippen molar-refractivity contribution in [3.8, 4) is 6.07 Å². The predicted molar refractivity (Wildman–Crippen MR) is 81.6 cm³/mol. The molecule has 3 heteroatoms. The largest absolute Gasteiger partial charge is 0.360 e. The van der Waals surface area contributed by atoms with E-state index >= 15 is 0 Å². The van der Waals surface area contributed by atoms with Crippen LogP contribution in [0.15, 0.2) is 24.4 Å². The van der Waals surface area contributed by atoms with Crippen LogP contribution in [0.4, 0.5) is 0 Å². The molecule has 2 atom stereocenters. The van der Waals surface area contributed by atoms with Crippen LogP contribution < -0.4 is 0 Å². The van der Waals surface area contributed by atoms with Gasteiger partial charge in [-0.25, -0.2) is 0 Å². The topological polar surface area (TPSA) is 42.8 Å². The number of H-pyrrole nitrogens is 1. The monoisotopic (exact) mass is 267 g/mol. The number of aromatic nitrogens is 1. The number of nitrogens with zero attached hydrogens (tertiary/aromatic N) is 2. The number of hydrogen-bond acceptors (Lipinski definition) is 2. The summed E-state index contributed by atoms with van der Waals surface area (Å²) in [4.78, 5) is 5.46. The molecule has 2 aromatic rings. The first-order valence-electron chi connectivity index (χ1n) is 7.35. The standard InChI is InChI=1S/C17H21N3/c1-20(2)11-13-4-3-5-15(13)12-6-7-17-16(8-12)14(9-18)10-19-17/h6-8,10,13,15,19H,3-5,11H2,1-2H3/t13-,15+/m0/s1. The Kier molecular flexibility index (Phi) is 3.50. The van der Waals surface area contributed by atoms with Crippen LogP contribution in [0.5, 0.6) is 0 Å². The minimum Gasteiger partial charge on any atom is -0.360 e. The van der Waals surface area contributed by atoms with Crippen LogP contribution in [-0.2, 0) is 0 Å². The fraction of sp³-hybridized carbons (Fsp3) is 0.471. The molecule has 104 valence electrons. The second-order valence-electron chi connectivity index (χ2n) is 6.18. The van der Waals surface area contributed by atoms with E-state index in [1.165, 1.54) is 24.8 Å². The summed E-state index contributed by atoms with van der Waals surface area (Å²) in [5.41, 5.74) is 3.22. The number of hydrogen-bond donors (Lipinski definition) is 1. The zero-order chi connectivity index (χ0) is 14.1. The molecule has 3 rings (SSSR count). The predicted octanol–water partition coefficient (Wildman–Crippen LogP) is 3.48. The zero-order valence-corrected chi connectivity index (χ0v) is 12.2. The van der Waals surface area contributed by atoms with E-state index in [1.807, 2.05) is 0 Å². The first-order valence-corrected chi connectivity index (χ1v) is 7.35. The molecule has 0 unspecified atom stereocenters. The molecule has 0 aliphatic heterocycles. The highest BCUT2D eigenvalue weighted by atomic mass is 15.1. The third-order valence-corrected chi connectivity index (χ3v) is 4.51. The highest BCUT2D eigenvalue weighted by molar-refractivity contribution is 5.86. The second kappa shape index (κ2) is 5.30. The van der Waals surface area contributed by atoms with Crippen molar-refractivity contribution in [1.29, 1.82) is 5.26 Å². The van der Waals surface area contributed by atoms with Crippen molar-refractivity contribution in [3.63, 3.8) is 0 Å². The fourth-order valence-corrected chi connectivity index (χ4v) is 3.62. The lowest BCUT2D eigenvalue weighted by molar-refractivity contribution is 0.310. The Bertz CT molecular complexity index is 648. The number of aromatic amines is 1. The van der Waals surface area contributed by atoms with Crippen LogP contribution >= 0.6 is 0 Å². The Morgan fingerprint density at radius 2 is 2.20 bits per heavy atom. The Morgan fingerprint density at radius 3 is 2.95 bits per heavy atom. The van der Waals surface area contributed by atoms with Crippen LogP contribution in [0.1, 0.15) is 36.3 Å². The van der Waals surface area contributed by atoms with Crippen LogP contribution in [0, 0.1) is 17.2 Å². The average molecular weight is 267 g/mol. The minimum absolute atomic E-state index is 0.642. The highest BCUT2D eigenvalue weighted by Gasteiger charge is 2.29. The maximum Gasteiger partial charge on any atom is 0.101 e. The van der Waals surface area contributed by atoms with E-state index in [0.717, 1.165) is 28.9 Å². The maximum absolute atomic E-state index is 9.18. The van der Waals surface area contributed by atoms with E-state index in [9.17, 15) is 5.26 Å². The van der Waals surface area contributed by atoms with Crippen LogP contribution in [0.25, 0.3) is 10.9 Å². The summed E-state index contributed by atoms with van der Waals surface area (Å²) in [6.07, 6.45) is 5.72. The van der Waals surface area contributed by atoms with Gasteiger partial charge in [0.15, 0.2) is 0 Å². The molecule has 1 fully saturated rings. The smallest absolute Gasteiger partial charge is 0.101 e. The molecule has 1 aliphatic carbocycles. The van der Waals surface area contributed by atoms with Crippen molar-refractivity contribution in [1.82, 2.24) is 9.88 Å². The summed E-state index contributed by atoms with van der Waals surface area (Å²) in [5.74, 6) is 1.38. The minimum atomic E-state index is 0.642. The van der Waals surface area contributed by atoms with Gasteiger partial charge in [0.1, 0.15) is 6.07 Å². The summed E-state index contributed by atoms with van der Waals surface area (Å²) in [7, 11) is 4.30. The molecule has 1 saturated carbocycles. The number of nitriles is 1. The summed E-state index contributed by atoms with van der Waals surface area (Å²) < 4.78 is 0. The molecule has 0 saturated heterocycles. The first-order chi connectivity index (χ1) is 9.69. The number of nitrogens with one attached hydrogen (secondary N) is 1. The molecule has 1 aromatic carbocycles. The third kappa shape index (κ3) is 2.32. The summed E-state index contributed by atoms with van der Waals surface area (Å²) in [5, 5.41) is 10.2. The van der Waals surface area contributed by atoms with Gasteiger partial charge >= 0.3 is 0 Å². The van der Waals surface area contributed by atoms with Gasteiger partial charge in [-0.05, 0) is 56.5 Å². The van der Waals surface area contributed by atoms with Crippen LogP contribution in [0.3, 0.4) is 0 Å². The molecule has 0 radical (unpaired) electrons. The van der Waals surface area contributed by atoms with Crippen molar-refractivity contribution in [2.24, 2.45) is 5.92 Å². The van der Waals surface area contributed by atoms with Crippen molar-refractivity contribution in [2.45, 2.75) is 25.2 Å². The van der Waals surface area contributed by atoms with Crippen molar-refractivity contribution >= 4 is 10.9 Å². The van der Waals surface area contributed by atoms with Gasteiger partial charge in [0.05, 0.1) is 5.56 Å². The van der Waals surface area contributed by atoms with E-state index in [2.05, 4.69) is 48.2 Å². The Labute approximate surface area is 120 Å². The maximum atomic E-state index is 9.18. The Hall–Kier alpha value is -1.79. The van der Waals surface area contributed by atoms with Crippen LogP contribution in [-0.4, -0.2) is 30.5 Å². The van der Waals surface area contributed by atoms with E-state index in [1.54, 1.807) is 6.20 Å². The van der Waals surface area contributed by atoms with Gasteiger partial charge in [-0.2, -0.15) is 5.26 Å². The van der Waals surface area contributed by atoms with E-state index in [-0.39, 0.29) is 0 Å². The molecular formula is C17H21N3. The van der Waals surface area contributed by atoms with Gasteiger partial charge < -0.3 is 9.88 Å². The molecule has 1 aliphatic rings. The van der Waals surface area contributed by atoms with Gasteiger partial charge in [0, 0.05) is 23.6 Å². The Balaban J connectivity index is 1.95. The van der Waals surface area contributed by atoms with E-state index in [4.69, 9.17) is 0 Å². The lowest BCUT2D eigenvalue weighted by atomic mass is 9.88. The van der Waals surface area contributed by atoms with Crippen molar-refractivity contribution in [3.05, 3.63) is 35.5 Å². The molecule has 0 bridgehead atoms. The molecule has 1 N–H and O–H groups in total. The molecule has 20 heavy (non-hydrogen) atoms. The lowest BCUT2D eigenvalue weighted by Gasteiger charge is -2.23. The molecule has 1 heterocycles. The summed E-state index contributed by atoms with van der Waals surface area (Å²) >= 11 is 0. The number of benzene rings is 1. The number of fused-ring (bicyclic) bond motifs is 1. The lowest BCUT2D eigenvalue weighted by Crippen LogP contribution is -2.23. The first kappa shape index (κ1) is 13.2. The molecular weight excluding hydrogens is 246 g/mol. The van der Waals surface area contributed by atoms with Gasteiger partial charge in [0.25, 0.3) is 0 Å². The molecule has 0 amide bonds. The average Bonchev–Trinajstić information content (AvgIpc) is 3.03. The van der Waals surface area contributed by atoms with E-state index < -0.39 is 0 Å². The highest BCUT2D eigenvalue weighted by Crippen LogP contribution is 2.40. The quantitative estimate of drug-likeness (QED) is 0.925. The number of rotatable bonds is 3. The van der Waals surface area contributed by atoms with Gasteiger partial charge in [-0.1, -0.05) is 12.5 Å². The Morgan fingerprint density at radius 1 is 1.35 bits per heavy atom. The molecule has 3 nitrogen and oxygen atoms in total.